The van der Waals surface area contributed by atoms with Gasteiger partial charge in [-0.3, -0.25) is 4.79 Å². The zero-order chi connectivity index (χ0) is 68.9. The zero-order valence-corrected chi connectivity index (χ0v) is 59.7. The molecule has 560 valence electrons. The minimum Gasteiger partial charge on any atom is -0.394 e. The highest BCUT2D eigenvalue weighted by Gasteiger charge is 2.53. The summed E-state index contributed by atoms with van der Waals surface area (Å²) in [5.41, 5.74) is 0. The lowest BCUT2D eigenvalue weighted by atomic mass is 9.96. The van der Waals surface area contributed by atoms with E-state index in [9.17, 15) is 61.0 Å². The average Bonchev–Trinajstić information content (AvgIpc) is 0.787. The molecule has 0 aliphatic carbocycles. The maximum absolute atomic E-state index is 13.4. The number of aliphatic hydroxyl groups excluding tert-OH is 11. The van der Waals surface area contributed by atoms with Crippen molar-refractivity contribution in [1.82, 2.24) is 5.32 Å². The summed E-state index contributed by atoms with van der Waals surface area (Å²) in [6, 6.07) is -0.969. The first kappa shape index (κ1) is 87.5. The molecular weight excluding hydrogens is 1210 g/mol. The molecular formula is C76H143NO18. The molecule has 3 rings (SSSR count). The van der Waals surface area contributed by atoms with Gasteiger partial charge in [-0.05, 0) is 44.9 Å². The summed E-state index contributed by atoms with van der Waals surface area (Å²) in [7, 11) is 0. The Balaban J connectivity index is 1.26. The predicted molar refractivity (Wildman–Crippen MR) is 374 cm³/mol. The molecule has 19 nitrogen and oxygen atoms in total. The van der Waals surface area contributed by atoms with E-state index in [1.54, 1.807) is 6.08 Å². The van der Waals surface area contributed by atoms with Crippen molar-refractivity contribution in [1.29, 1.82) is 0 Å². The van der Waals surface area contributed by atoms with Gasteiger partial charge in [-0.15, -0.1) is 0 Å². The van der Waals surface area contributed by atoms with Crippen LogP contribution in [0.3, 0.4) is 0 Å². The number of aliphatic hydroxyl groups is 11. The van der Waals surface area contributed by atoms with Crippen LogP contribution in [0.5, 0.6) is 0 Å². The second kappa shape index (κ2) is 57.8. The number of allylic oxidation sites excluding steroid dienone is 3. The Bertz CT molecular complexity index is 1810. The maximum Gasteiger partial charge on any atom is 0.220 e. The Kier molecular flexibility index (Phi) is 53.3. The molecule has 0 spiro atoms. The first-order valence-corrected chi connectivity index (χ1v) is 39.1. The Morgan fingerprint density at radius 1 is 0.368 bits per heavy atom. The molecule has 0 aromatic heterocycles. The lowest BCUT2D eigenvalue weighted by Gasteiger charge is -2.48. The van der Waals surface area contributed by atoms with Crippen LogP contribution in [0.4, 0.5) is 0 Å². The van der Waals surface area contributed by atoms with Crippen molar-refractivity contribution in [2.75, 3.05) is 26.4 Å². The number of ether oxygens (including phenoxy) is 6. The maximum atomic E-state index is 13.4. The standard InChI is InChI=1S/C76H143NO18/c1-3-5-7-9-11-13-15-16-17-18-19-20-21-22-23-24-25-26-27-28-29-30-31-32-33-34-35-36-37-38-39-40-41-42-44-46-48-50-52-54-64(82)77-59(60(81)53-51-49-47-45-43-14-12-10-8-6-4-2)58-90-74-70(88)67(85)72(62(56-79)92-74)95-76-71(89)68(86)73(63(57-80)93-76)94-75-69(87)66(84)65(83)61(55-78)91-75/h18-19,51,53,59-63,65-76,78-81,83-89H,3-17,20-50,52,54-58H2,1-2H3,(H,77,82)/b19-18-,53-51+. The third kappa shape index (κ3) is 38.8. The van der Waals surface area contributed by atoms with Crippen molar-refractivity contribution in [2.45, 2.75) is 426 Å². The molecule has 95 heavy (non-hydrogen) atoms. The average molecular weight is 1360 g/mol. The summed E-state index contributed by atoms with van der Waals surface area (Å²) in [6.45, 7) is 1.74. The van der Waals surface area contributed by atoms with Crippen LogP contribution in [0.25, 0.3) is 0 Å². The fourth-order valence-electron chi connectivity index (χ4n) is 13.4. The minimum absolute atomic E-state index is 0.248. The molecule has 12 N–H and O–H groups in total. The highest BCUT2D eigenvalue weighted by atomic mass is 16.8. The largest absolute Gasteiger partial charge is 0.394 e. The van der Waals surface area contributed by atoms with Gasteiger partial charge in [0.15, 0.2) is 18.9 Å². The lowest BCUT2D eigenvalue weighted by Crippen LogP contribution is -2.66. The second-order valence-electron chi connectivity index (χ2n) is 28.2. The quantitative estimate of drug-likeness (QED) is 0.0199. The van der Waals surface area contributed by atoms with Crippen LogP contribution >= 0.6 is 0 Å². The van der Waals surface area contributed by atoms with E-state index in [0.29, 0.717) is 6.42 Å². The fourth-order valence-corrected chi connectivity index (χ4v) is 13.4. The van der Waals surface area contributed by atoms with Crippen LogP contribution in [-0.4, -0.2) is 193 Å². The van der Waals surface area contributed by atoms with Crippen molar-refractivity contribution in [3.05, 3.63) is 24.3 Å². The van der Waals surface area contributed by atoms with E-state index >= 15 is 0 Å². The second-order valence-corrected chi connectivity index (χ2v) is 28.2. The number of rotatable bonds is 62. The molecule has 0 radical (unpaired) electrons. The Morgan fingerprint density at radius 2 is 0.663 bits per heavy atom. The van der Waals surface area contributed by atoms with E-state index < -0.39 is 124 Å². The van der Waals surface area contributed by atoms with Crippen LogP contribution in [-0.2, 0) is 33.2 Å². The van der Waals surface area contributed by atoms with Crippen molar-refractivity contribution >= 4 is 5.91 Å². The van der Waals surface area contributed by atoms with E-state index in [-0.39, 0.29) is 18.9 Å². The molecule has 1 amide bonds. The number of hydrogen-bond acceptors (Lipinski definition) is 18. The van der Waals surface area contributed by atoms with Crippen molar-refractivity contribution in [2.24, 2.45) is 0 Å². The highest BCUT2D eigenvalue weighted by Crippen LogP contribution is 2.33. The smallest absolute Gasteiger partial charge is 0.220 e. The number of unbranched alkanes of at least 4 members (excludes halogenated alkanes) is 44. The summed E-state index contributed by atoms with van der Waals surface area (Å²) >= 11 is 0. The molecule has 0 saturated carbocycles. The number of carbonyl (C=O) groups excluding carboxylic acids is 1. The van der Waals surface area contributed by atoms with Crippen molar-refractivity contribution < 1.29 is 89.4 Å². The summed E-state index contributed by atoms with van der Waals surface area (Å²) in [4.78, 5) is 13.4. The summed E-state index contributed by atoms with van der Waals surface area (Å²) < 4.78 is 34.3. The monoisotopic (exact) mass is 1360 g/mol. The minimum atomic E-state index is -1.98. The molecule has 0 bridgehead atoms. The molecule has 17 atom stereocenters. The van der Waals surface area contributed by atoms with Gasteiger partial charge in [0.05, 0.1) is 38.6 Å². The summed E-state index contributed by atoms with van der Waals surface area (Å²) in [5, 5.41) is 120. The normalized spacial score (nSPS) is 27.3. The number of hydrogen-bond donors (Lipinski definition) is 12. The molecule has 19 heteroatoms. The van der Waals surface area contributed by atoms with Gasteiger partial charge >= 0.3 is 0 Å². The third-order valence-corrected chi connectivity index (χ3v) is 19.7. The molecule has 0 aromatic rings. The number of amides is 1. The van der Waals surface area contributed by atoms with E-state index in [0.717, 1.165) is 44.9 Å². The summed E-state index contributed by atoms with van der Waals surface area (Å²) in [6.07, 6.45) is 42.2. The SMILES string of the molecule is CCCCCCCCCC/C=C\CCCCCCCCCCCCCCCCCCCCCCCCCCCCCC(=O)NC(COC1OC(CO)C(OC2OC(CO)C(OC3OC(CO)C(O)C(O)C3O)C(O)C2O)C(O)C1O)C(O)/C=C/CCCCCCCCCCC. The molecule has 3 aliphatic heterocycles. The fraction of sp³-hybridized carbons (Fsp3) is 0.934. The molecule has 0 aromatic carbocycles. The van der Waals surface area contributed by atoms with Crippen molar-refractivity contribution in [3.8, 4) is 0 Å². The molecule has 3 fully saturated rings. The van der Waals surface area contributed by atoms with E-state index in [1.165, 1.54) is 250 Å². The van der Waals surface area contributed by atoms with Crippen LogP contribution in [0.2, 0.25) is 0 Å². The highest BCUT2D eigenvalue weighted by molar-refractivity contribution is 5.76. The Morgan fingerprint density at radius 3 is 1.02 bits per heavy atom. The third-order valence-electron chi connectivity index (χ3n) is 19.7. The number of carbonyl (C=O) groups is 1. The van der Waals surface area contributed by atoms with Crippen molar-refractivity contribution in [3.63, 3.8) is 0 Å². The Hall–Kier alpha value is -1.73. The van der Waals surface area contributed by atoms with Crippen LogP contribution in [0.15, 0.2) is 24.3 Å². The van der Waals surface area contributed by atoms with Gasteiger partial charge in [-0.1, -0.05) is 295 Å². The van der Waals surface area contributed by atoms with Gasteiger partial charge in [-0.2, -0.15) is 0 Å². The van der Waals surface area contributed by atoms with Gasteiger partial charge in [0.2, 0.25) is 5.91 Å². The lowest BCUT2D eigenvalue weighted by molar-refractivity contribution is -0.379. The Labute approximate surface area is 575 Å². The van der Waals surface area contributed by atoms with Crippen LogP contribution < -0.4 is 5.32 Å². The van der Waals surface area contributed by atoms with E-state index in [4.69, 9.17) is 28.4 Å². The van der Waals surface area contributed by atoms with Gasteiger partial charge in [0, 0.05) is 6.42 Å². The first-order chi connectivity index (χ1) is 46.3. The van der Waals surface area contributed by atoms with E-state index in [2.05, 4.69) is 31.3 Å². The van der Waals surface area contributed by atoms with Crippen LogP contribution in [0, 0.1) is 0 Å². The van der Waals surface area contributed by atoms with E-state index in [1.807, 2.05) is 6.08 Å². The zero-order valence-electron chi connectivity index (χ0n) is 59.7. The molecule has 17 unspecified atom stereocenters. The van der Waals surface area contributed by atoms with Crippen LogP contribution in [0.1, 0.15) is 322 Å². The van der Waals surface area contributed by atoms with Gasteiger partial charge in [0.1, 0.15) is 73.2 Å². The van der Waals surface area contributed by atoms with Gasteiger partial charge < -0.3 is 89.9 Å². The molecule has 3 aliphatic rings. The number of nitrogens with one attached hydrogen (secondary N) is 1. The van der Waals surface area contributed by atoms with Gasteiger partial charge in [0.25, 0.3) is 0 Å². The molecule has 3 saturated heterocycles. The topological polar surface area (TPSA) is 307 Å². The first-order valence-electron chi connectivity index (χ1n) is 39.1. The van der Waals surface area contributed by atoms with Gasteiger partial charge in [-0.25, -0.2) is 0 Å². The molecule has 3 heterocycles. The predicted octanol–water partition coefficient (Wildman–Crippen LogP) is 12.2. The summed E-state index contributed by atoms with van der Waals surface area (Å²) in [5.74, 6) is -0.271.